The number of hydrogen-bond acceptors (Lipinski definition) is 2. The van der Waals surface area contributed by atoms with Crippen molar-refractivity contribution in [2.45, 2.75) is 19.4 Å². The third kappa shape index (κ3) is 2.50. The van der Waals surface area contributed by atoms with Gasteiger partial charge in [-0.15, -0.1) is 11.6 Å². The first-order valence-corrected chi connectivity index (χ1v) is 5.24. The molecular weight excluding hydrogens is 214 g/mol. The third-order valence-electron chi connectivity index (χ3n) is 2.46. The maximum absolute atomic E-state index is 12.0. The van der Waals surface area contributed by atoms with Crippen molar-refractivity contribution in [1.29, 1.82) is 0 Å². The van der Waals surface area contributed by atoms with Crippen LogP contribution >= 0.6 is 11.6 Å². The molecule has 0 radical (unpaired) electrons. The Morgan fingerprint density at radius 1 is 1.67 bits per heavy atom. The number of aromatic nitrogens is 2. The van der Waals surface area contributed by atoms with Gasteiger partial charge in [-0.25, -0.2) is 4.98 Å². The lowest BCUT2D eigenvalue weighted by molar-refractivity contribution is 0.0654. The van der Waals surface area contributed by atoms with Gasteiger partial charge in [-0.2, -0.15) is 0 Å². The van der Waals surface area contributed by atoms with Crippen LogP contribution in [0.3, 0.4) is 0 Å². The van der Waals surface area contributed by atoms with E-state index >= 15 is 0 Å². The Hall–Kier alpha value is -1.03. The summed E-state index contributed by atoms with van der Waals surface area (Å²) < 4.78 is 1.74. The molecule has 0 spiro atoms. The molecule has 0 unspecified atom stereocenters. The molecule has 1 aromatic heterocycles. The molecule has 1 rings (SSSR count). The number of alkyl halides is 1. The van der Waals surface area contributed by atoms with Gasteiger partial charge >= 0.3 is 0 Å². The number of carbonyl (C=O) groups excluding carboxylic acids is 1. The molecule has 1 amide bonds. The molecule has 0 bridgehead atoms. The normalized spacial score (nSPS) is 11.5. The highest BCUT2D eigenvalue weighted by Crippen LogP contribution is 2.16. The van der Waals surface area contributed by atoms with Crippen LogP contribution in [-0.2, 0) is 7.05 Å². The first kappa shape index (κ1) is 12.0. The lowest BCUT2D eigenvalue weighted by Crippen LogP contribution is -2.46. The van der Waals surface area contributed by atoms with Crippen LogP contribution in [0.2, 0.25) is 0 Å². The van der Waals surface area contributed by atoms with Crippen LogP contribution in [0, 0.1) is 0 Å². The molecule has 0 aliphatic rings. The number of carbonyl (C=O) groups is 1. The molecule has 1 aromatic rings. The van der Waals surface area contributed by atoms with E-state index in [4.69, 9.17) is 11.6 Å². The summed E-state index contributed by atoms with van der Waals surface area (Å²) in [5, 5.41) is 0. The number of halogens is 1. The minimum Gasteiger partial charge on any atom is -0.340 e. The summed E-state index contributed by atoms with van der Waals surface area (Å²) >= 11 is 5.81. The topological polar surface area (TPSA) is 38.1 Å². The molecule has 0 N–H and O–H groups in total. The minimum absolute atomic E-state index is 0.110. The van der Waals surface area contributed by atoms with Crippen molar-refractivity contribution in [3.8, 4) is 0 Å². The van der Waals surface area contributed by atoms with E-state index < -0.39 is 0 Å². The van der Waals surface area contributed by atoms with Gasteiger partial charge in [-0.05, 0) is 13.8 Å². The van der Waals surface area contributed by atoms with E-state index in [9.17, 15) is 4.79 Å². The monoisotopic (exact) mass is 229 g/mol. The quantitative estimate of drug-likeness (QED) is 0.737. The van der Waals surface area contributed by atoms with Crippen molar-refractivity contribution in [3.05, 3.63) is 18.2 Å². The van der Waals surface area contributed by atoms with Crippen LogP contribution in [0.5, 0.6) is 0 Å². The number of hydrogen-bond donors (Lipinski definition) is 0. The zero-order valence-electron chi connectivity index (χ0n) is 9.49. The first-order valence-electron chi connectivity index (χ1n) is 4.70. The van der Waals surface area contributed by atoms with Crippen LogP contribution in [0.1, 0.15) is 24.3 Å². The highest BCUT2D eigenvalue weighted by molar-refractivity contribution is 6.18. The standard InChI is InChI=1S/C10H16ClN3O/c1-10(2,6-11)14(4)9(15)8-5-13(3)7-12-8/h5,7H,6H2,1-4H3. The molecule has 1 heterocycles. The zero-order chi connectivity index (χ0) is 11.6. The maximum atomic E-state index is 12.0. The number of rotatable bonds is 3. The Balaban J connectivity index is 2.86. The van der Waals surface area contributed by atoms with E-state index in [0.717, 1.165) is 0 Å². The van der Waals surface area contributed by atoms with Crippen LogP contribution in [0.4, 0.5) is 0 Å². The Labute approximate surface area is 94.8 Å². The highest BCUT2D eigenvalue weighted by Gasteiger charge is 2.28. The van der Waals surface area contributed by atoms with E-state index in [1.807, 2.05) is 20.9 Å². The number of imidazole rings is 1. The fourth-order valence-corrected chi connectivity index (χ4v) is 1.24. The number of nitrogens with zero attached hydrogens (tertiary/aromatic N) is 3. The van der Waals surface area contributed by atoms with Gasteiger partial charge in [-0.1, -0.05) is 0 Å². The molecule has 5 heteroatoms. The summed E-state index contributed by atoms with van der Waals surface area (Å²) in [7, 11) is 3.57. The second kappa shape index (κ2) is 4.23. The SMILES string of the molecule is CN(C(=O)c1cn(C)cn1)C(C)(C)CCl. The second-order valence-corrected chi connectivity index (χ2v) is 4.50. The second-order valence-electron chi connectivity index (χ2n) is 4.23. The molecule has 15 heavy (non-hydrogen) atoms. The van der Waals surface area contributed by atoms with Gasteiger partial charge < -0.3 is 9.47 Å². The average molecular weight is 230 g/mol. The summed E-state index contributed by atoms with van der Waals surface area (Å²) in [6.45, 7) is 3.84. The van der Waals surface area contributed by atoms with E-state index in [0.29, 0.717) is 11.6 Å². The molecule has 0 saturated heterocycles. The van der Waals surface area contributed by atoms with Crippen molar-refractivity contribution in [3.63, 3.8) is 0 Å². The van der Waals surface area contributed by atoms with E-state index in [1.165, 1.54) is 0 Å². The minimum atomic E-state index is -0.365. The molecule has 0 aromatic carbocycles. The summed E-state index contributed by atoms with van der Waals surface area (Å²) in [4.78, 5) is 17.6. The van der Waals surface area contributed by atoms with Gasteiger partial charge in [-0.3, -0.25) is 4.79 Å². The van der Waals surface area contributed by atoms with Crippen LogP contribution in [-0.4, -0.2) is 38.8 Å². The van der Waals surface area contributed by atoms with Gasteiger partial charge in [0.25, 0.3) is 5.91 Å². The fraction of sp³-hybridized carbons (Fsp3) is 0.600. The highest BCUT2D eigenvalue weighted by atomic mass is 35.5. The predicted octanol–water partition coefficient (Wildman–Crippen LogP) is 1.51. The summed E-state index contributed by atoms with van der Waals surface area (Å²) in [5.74, 6) is 0.281. The van der Waals surface area contributed by atoms with E-state index in [2.05, 4.69) is 4.98 Å². The lowest BCUT2D eigenvalue weighted by Gasteiger charge is -2.33. The Kier molecular flexibility index (Phi) is 3.39. The smallest absolute Gasteiger partial charge is 0.274 e. The zero-order valence-corrected chi connectivity index (χ0v) is 10.2. The molecule has 0 atom stereocenters. The van der Waals surface area contributed by atoms with Crippen molar-refractivity contribution in [1.82, 2.24) is 14.5 Å². The first-order chi connectivity index (χ1) is 6.88. The Morgan fingerprint density at radius 3 is 2.67 bits per heavy atom. The Morgan fingerprint density at radius 2 is 2.27 bits per heavy atom. The van der Waals surface area contributed by atoms with Gasteiger partial charge in [0.05, 0.1) is 11.9 Å². The molecule has 0 aliphatic carbocycles. The molecule has 4 nitrogen and oxygen atoms in total. The van der Waals surface area contributed by atoms with Crippen molar-refractivity contribution in [2.24, 2.45) is 7.05 Å². The molecular formula is C10H16ClN3O. The van der Waals surface area contributed by atoms with Crippen molar-refractivity contribution in [2.75, 3.05) is 12.9 Å². The molecule has 0 fully saturated rings. The van der Waals surface area contributed by atoms with Crippen LogP contribution in [0.15, 0.2) is 12.5 Å². The maximum Gasteiger partial charge on any atom is 0.274 e. The summed E-state index contributed by atoms with van der Waals surface area (Å²) in [6, 6.07) is 0. The average Bonchev–Trinajstić information content (AvgIpc) is 2.62. The van der Waals surface area contributed by atoms with Gasteiger partial charge in [0.2, 0.25) is 0 Å². The number of aryl methyl sites for hydroxylation is 1. The van der Waals surface area contributed by atoms with Crippen molar-refractivity contribution >= 4 is 17.5 Å². The van der Waals surface area contributed by atoms with E-state index in [-0.39, 0.29) is 11.4 Å². The summed E-state index contributed by atoms with van der Waals surface area (Å²) in [6.07, 6.45) is 3.30. The lowest BCUT2D eigenvalue weighted by atomic mass is 10.1. The van der Waals surface area contributed by atoms with Crippen molar-refractivity contribution < 1.29 is 4.79 Å². The van der Waals surface area contributed by atoms with Gasteiger partial charge in [0, 0.05) is 26.2 Å². The number of amides is 1. The Bertz CT molecular complexity index is 359. The van der Waals surface area contributed by atoms with Gasteiger partial charge in [0.1, 0.15) is 5.69 Å². The fourth-order valence-electron chi connectivity index (χ4n) is 1.06. The predicted molar refractivity (Wildman–Crippen MR) is 60.1 cm³/mol. The summed E-state index contributed by atoms with van der Waals surface area (Å²) in [5.41, 5.74) is 0.0778. The van der Waals surface area contributed by atoms with Crippen LogP contribution < -0.4 is 0 Å². The van der Waals surface area contributed by atoms with E-state index in [1.54, 1.807) is 29.0 Å². The largest absolute Gasteiger partial charge is 0.340 e. The molecule has 0 saturated carbocycles. The van der Waals surface area contributed by atoms with Crippen LogP contribution in [0.25, 0.3) is 0 Å². The molecule has 0 aliphatic heterocycles. The third-order valence-corrected chi connectivity index (χ3v) is 3.12. The molecule has 84 valence electrons. The van der Waals surface area contributed by atoms with Gasteiger partial charge in [0.15, 0.2) is 0 Å².